The predicted octanol–water partition coefficient (Wildman–Crippen LogP) is 2.55. The minimum absolute atomic E-state index is 0.325. The van der Waals surface area contributed by atoms with Crippen LogP contribution in [0.1, 0.15) is 17.3 Å². The third-order valence-corrected chi connectivity index (χ3v) is 1.96. The van der Waals surface area contributed by atoms with Crippen LogP contribution in [0.5, 0.6) is 5.75 Å². The predicted molar refractivity (Wildman–Crippen MR) is 58.8 cm³/mol. The molecule has 0 heterocycles. The van der Waals surface area contributed by atoms with Crippen LogP contribution >= 0.6 is 0 Å². The lowest BCUT2D eigenvalue weighted by molar-refractivity contribution is 0.0196. The van der Waals surface area contributed by atoms with Gasteiger partial charge in [0.1, 0.15) is 19.0 Å². The van der Waals surface area contributed by atoms with Crippen LogP contribution in [0.15, 0.2) is 24.3 Å². The van der Waals surface area contributed by atoms with Gasteiger partial charge in [0.05, 0.1) is 6.61 Å². The molecule has 0 radical (unpaired) electrons. The van der Waals surface area contributed by atoms with Gasteiger partial charge in [-0.3, -0.25) is 4.79 Å². The maximum Gasteiger partial charge on any atom is 0.261 e. The minimum Gasteiger partial charge on any atom is -0.494 e. The van der Waals surface area contributed by atoms with Gasteiger partial charge in [0.25, 0.3) is 6.43 Å². The second-order valence-electron chi connectivity index (χ2n) is 3.29. The van der Waals surface area contributed by atoms with Crippen molar-refractivity contribution >= 4 is 5.78 Å². The number of hydrogen-bond acceptors (Lipinski definition) is 3. The molecule has 0 aliphatic carbocycles. The van der Waals surface area contributed by atoms with Gasteiger partial charge in [-0.25, -0.2) is 8.78 Å². The molecule has 0 atom stereocenters. The van der Waals surface area contributed by atoms with Crippen molar-refractivity contribution < 1.29 is 23.0 Å². The monoisotopic (exact) mass is 244 g/mol. The van der Waals surface area contributed by atoms with Gasteiger partial charge >= 0.3 is 0 Å². The molecule has 0 fully saturated rings. The van der Waals surface area contributed by atoms with E-state index in [0.717, 1.165) is 0 Å². The lowest BCUT2D eigenvalue weighted by Gasteiger charge is -2.05. The molecule has 0 aliphatic heterocycles. The van der Waals surface area contributed by atoms with Crippen molar-refractivity contribution in [2.75, 3.05) is 19.8 Å². The molecule has 0 spiro atoms. The quantitative estimate of drug-likeness (QED) is 0.691. The van der Waals surface area contributed by atoms with Crippen LogP contribution in [0.4, 0.5) is 8.78 Å². The Morgan fingerprint density at radius 1 is 1.29 bits per heavy atom. The van der Waals surface area contributed by atoms with Crippen LogP contribution in [0.25, 0.3) is 0 Å². The van der Waals surface area contributed by atoms with Crippen LogP contribution in [0.2, 0.25) is 0 Å². The van der Waals surface area contributed by atoms with Crippen LogP contribution < -0.4 is 4.74 Å². The maximum absolute atomic E-state index is 11.8. The first-order chi connectivity index (χ1) is 8.13. The highest BCUT2D eigenvalue weighted by atomic mass is 19.3. The fourth-order valence-corrected chi connectivity index (χ4v) is 1.23. The molecule has 0 unspecified atom stereocenters. The maximum atomic E-state index is 11.8. The fourth-order valence-electron chi connectivity index (χ4n) is 1.23. The highest BCUT2D eigenvalue weighted by Crippen LogP contribution is 2.12. The summed E-state index contributed by atoms with van der Waals surface area (Å²) in [4.78, 5) is 11.5. The summed E-state index contributed by atoms with van der Waals surface area (Å²) < 4.78 is 33.3. The van der Waals surface area contributed by atoms with E-state index in [9.17, 15) is 13.6 Å². The Hall–Kier alpha value is -1.49. The number of alkyl halides is 2. The molecule has 0 amide bonds. The summed E-state index contributed by atoms with van der Waals surface area (Å²) in [5, 5.41) is 0. The Bertz CT molecular complexity index is 349. The van der Waals surface area contributed by atoms with Gasteiger partial charge in [0, 0.05) is 5.56 Å². The summed E-state index contributed by atoms with van der Waals surface area (Å²) in [6.07, 6.45) is -2.55. The van der Waals surface area contributed by atoms with Crippen molar-refractivity contribution in [3.05, 3.63) is 29.8 Å². The molecule has 3 nitrogen and oxygen atoms in total. The van der Waals surface area contributed by atoms with E-state index >= 15 is 0 Å². The van der Waals surface area contributed by atoms with Crippen molar-refractivity contribution in [3.63, 3.8) is 0 Å². The number of benzene rings is 1. The van der Waals surface area contributed by atoms with E-state index in [2.05, 4.69) is 4.74 Å². The number of ether oxygens (including phenoxy) is 2. The second kappa shape index (κ2) is 6.96. The van der Waals surface area contributed by atoms with E-state index in [1.54, 1.807) is 24.3 Å². The Morgan fingerprint density at radius 2 is 1.94 bits per heavy atom. The molecule has 1 rings (SSSR count). The first kappa shape index (κ1) is 13.6. The van der Waals surface area contributed by atoms with Gasteiger partial charge in [-0.05, 0) is 31.2 Å². The summed E-state index contributed by atoms with van der Waals surface area (Å²) in [7, 11) is 0. The first-order valence-electron chi connectivity index (χ1n) is 5.25. The largest absolute Gasteiger partial charge is 0.494 e. The molecule has 1 aromatic rings. The lowest BCUT2D eigenvalue weighted by Crippen LogP contribution is -2.13. The van der Waals surface area contributed by atoms with E-state index in [-0.39, 0.29) is 12.4 Å². The van der Waals surface area contributed by atoms with Gasteiger partial charge in [-0.15, -0.1) is 0 Å². The standard InChI is InChI=1S/C12H14F2O3/c1-2-17-10-5-3-9(4-6-10)11(15)7-16-8-12(13)14/h3-6,12H,2,7-8H2,1H3. The molecule has 0 saturated heterocycles. The number of carbonyl (C=O) groups excluding carboxylic acids is 1. The number of halogens is 2. The Kier molecular flexibility index (Phi) is 5.56. The lowest BCUT2D eigenvalue weighted by atomic mass is 10.1. The normalized spacial score (nSPS) is 10.6. The topological polar surface area (TPSA) is 35.5 Å². The summed E-state index contributed by atoms with van der Waals surface area (Å²) >= 11 is 0. The zero-order valence-electron chi connectivity index (χ0n) is 9.49. The molecule has 1 aromatic carbocycles. The van der Waals surface area contributed by atoms with Crippen molar-refractivity contribution in [2.24, 2.45) is 0 Å². The average Bonchev–Trinajstić information content (AvgIpc) is 2.30. The highest BCUT2D eigenvalue weighted by molar-refractivity contribution is 5.97. The zero-order chi connectivity index (χ0) is 12.7. The molecule has 5 heteroatoms. The van der Waals surface area contributed by atoms with E-state index in [1.165, 1.54) is 0 Å². The Balaban J connectivity index is 2.46. The van der Waals surface area contributed by atoms with Gasteiger partial charge in [-0.2, -0.15) is 0 Å². The Morgan fingerprint density at radius 3 is 2.47 bits per heavy atom. The molecule has 0 bridgehead atoms. The number of rotatable bonds is 7. The first-order valence-corrected chi connectivity index (χ1v) is 5.25. The van der Waals surface area contributed by atoms with Crippen molar-refractivity contribution in [3.8, 4) is 5.75 Å². The average molecular weight is 244 g/mol. The minimum atomic E-state index is -2.55. The van der Waals surface area contributed by atoms with Crippen molar-refractivity contribution in [1.82, 2.24) is 0 Å². The fraction of sp³-hybridized carbons (Fsp3) is 0.417. The van der Waals surface area contributed by atoms with Gasteiger partial charge in [0.15, 0.2) is 5.78 Å². The van der Waals surface area contributed by atoms with E-state index in [4.69, 9.17) is 4.74 Å². The molecule has 17 heavy (non-hydrogen) atoms. The molecule has 0 aromatic heterocycles. The van der Waals surface area contributed by atoms with E-state index in [1.807, 2.05) is 6.92 Å². The van der Waals surface area contributed by atoms with Crippen molar-refractivity contribution in [1.29, 1.82) is 0 Å². The van der Waals surface area contributed by atoms with Crippen LogP contribution in [0.3, 0.4) is 0 Å². The smallest absolute Gasteiger partial charge is 0.261 e. The van der Waals surface area contributed by atoms with Crippen LogP contribution in [0, 0.1) is 0 Å². The molecule has 0 saturated carbocycles. The summed E-state index contributed by atoms with van der Waals surface area (Å²) in [6.45, 7) is 1.35. The SMILES string of the molecule is CCOc1ccc(C(=O)COCC(F)F)cc1. The molecule has 0 N–H and O–H groups in total. The molecular weight excluding hydrogens is 230 g/mol. The van der Waals surface area contributed by atoms with Crippen LogP contribution in [-0.4, -0.2) is 32.0 Å². The van der Waals surface area contributed by atoms with Gasteiger partial charge in [-0.1, -0.05) is 0 Å². The third kappa shape index (κ3) is 4.91. The highest BCUT2D eigenvalue weighted by Gasteiger charge is 2.08. The van der Waals surface area contributed by atoms with E-state index in [0.29, 0.717) is 17.9 Å². The second-order valence-corrected chi connectivity index (χ2v) is 3.29. The number of ketones is 1. The zero-order valence-corrected chi connectivity index (χ0v) is 9.49. The number of Topliss-reactive ketones (excluding diaryl/α,β-unsaturated/α-hetero) is 1. The molecular formula is C12H14F2O3. The van der Waals surface area contributed by atoms with Crippen molar-refractivity contribution in [2.45, 2.75) is 13.3 Å². The Labute approximate surface area is 98.3 Å². The molecule has 94 valence electrons. The summed E-state index contributed by atoms with van der Waals surface area (Å²) in [6, 6.07) is 6.48. The summed E-state index contributed by atoms with van der Waals surface area (Å²) in [5.74, 6) is 0.339. The van der Waals surface area contributed by atoms with Crippen LogP contribution in [-0.2, 0) is 4.74 Å². The molecule has 0 aliphatic rings. The van der Waals surface area contributed by atoms with Gasteiger partial charge < -0.3 is 9.47 Å². The third-order valence-electron chi connectivity index (χ3n) is 1.96. The number of carbonyl (C=O) groups is 1. The number of hydrogen-bond donors (Lipinski definition) is 0. The summed E-state index contributed by atoms with van der Waals surface area (Å²) in [5.41, 5.74) is 0.419. The van der Waals surface area contributed by atoms with Gasteiger partial charge in [0.2, 0.25) is 0 Å². The van der Waals surface area contributed by atoms with E-state index < -0.39 is 13.0 Å².